The molecule has 0 bridgehead atoms. The molecule has 4 N–H and O–H groups in total. The van der Waals surface area contributed by atoms with Crippen LogP contribution in [0.25, 0.3) is 0 Å². The summed E-state index contributed by atoms with van der Waals surface area (Å²) in [5, 5.41) is 38.1. The Morgan fingerprint density at radius 2 is 1.17 bits per heavy atom. The Morgan fingerprint density at radius 3 is 1.57 bits per heavy atom. The van der Waals surface area contributed by atoms with Crippen molar-refractivity contribution in [2.75, 3.05) is 0 Å². The number of aromatic hydroxyl groups is 2. The first-order valence-electron chi connectivity index (χ1n) is 6.85. The van der Waals surface area contributed by atoms with E-state index in [2.05, 4.69) is 0 Å². The largest absolute Gasteiger partial charge is 0.507 e. The predicted molar refractivity (Wildman–Crippen MR) is 81.6 cm³/mol. The smallest absolute Gasteiger partial charge is 0.153 e. The molecule has 6 nitrogen and oxygen atoms in total. The molecule has 0 heterocycles. The Balaban J connectivity index is 2.47. The minimum atomic E-state index is -0.387. The zero-order chi connectivity index (χ0) is 17.0. The Labute approximate surface area is 132 Å². The van der Waals surface area contributed by atoms with Gasteiger partial charge in [0.2, 0.25) is 0 Å². The summed E-state index contributed by atoms with van der Waals surface area (Å²) >= 11 is 0. The van der Waals surface area contributed by atoms with Gasteiger partial charge in [0.1, 0.15) is 11.5 Å². The summed E-state index contributed by atoms with van der Waals surface area (Å²) in [6, 6.07) is 6.06. The Kier molecular flexibility index (Phi) is 5.10. The first-order valence-corrected chi connectivity index (χ1v) is 6.85. The van der Waals surface area contributed by atoms with Gasteiger partial charge in [0, 0.05) is 11.1 Å². The summed E-state index contributed by atoms with van der Waals surface area (Å²) < 4.78 is 0. The van der Waals surface area contributed by atoms with Crippen LogP contribution in [0.1, 0.15) is 43.0 Å². The highest BCUT2D eigenvalue weighted by atomic mass is 16.3. The molecule has 0 saturated carbocycles. The lowest BCUT2D eigenvalue weighted by Gasteiger charge is -2.12. The normalized spacial score (nSPS) is 10.5. The molecular weight excluding hydrogens is 300 g/mol. The van der Waals surface area contributed by atoms with E-state index >= 15 is 0 Å². The Hall–Kier alpha value is -2.70. The predicted octanol–water partition coefficient (Wildman–Crippen LogP) is 1.30. The molecule has 6 heteroatoms. The van der Waals surface area contributed by atoms with Crippen LogP contribution in [0.15, 0.2) is 24.3 Å². The van der Waals surface area contributed by atoms with Crippen molar-refractivity contribution in [3.63, 3.8) is 0 Å². The van der Waals surface area contributed by atoms with Crippen LogP contribution in [0.4, 0.5) is 0 Å². The monoisotopic (exact) mass is 316 g/mol. The third kappa shape index (κ3) is 3.39. The van der Waals surface area contributed by atoms with Crippen molar-refractivity contribution >= 4 is 12.6 Å². The molecule has 23 heavy (non-hydrogen) atoms. The standard InChI is InChI=1S/C17H16O6/c18-6-12-2-10(3-13(7-19)16(12)22)1-11-4-14(8-20)17(23)15(5-11)9-21/h2-7,20-23H,1,8-9H2. The minimum absolute atomic E-state index is 0.00754. The fraction of sp³-hybridized carbons (Fsp3) is 0.176. The number of carbonyl (C=O) groups excluding carboxylic acids is 2. The maximum absolute atomic E-state index is 11.0. The maximum atomic E-state index is 11.0. The van der Waals surface area contributed by atoms with Crippen molar-refractivity contribution in [3.8, 4) is 11.5 Å². The maximum Gasteiger partial charge on any atom is 0.153 e. The lowest BCUT2D eigenvalue weighted by atomic mass is 9.96. The Morgan fingerprint density at radius 1 is 0.739 bits per heavy atom. The van der Waals surface area contributed by atoms with Gasteiger partial charge >= 0.3 is 0 Å². The van der Waals surface area contributed by atoms with E-state index in [0.717, 1.165) is 0 Å². The molecule has 0 saturated heterocycles. The molecule has 0 aliphatic heterocycles. The summed E-state index contributed by atoms with van der Waals surface area (Å²) in [7, 11) is 0. The molecule has 0 aliphatic carbocycles. The zero-order valence-electron chi connectivity index (χ0n) is 12.2. The van der Waals surface area contributed by atoms with Crippen LogP contribution >= 0.6 is 0 Å². The number of hydrogen-bond acceptors (Lipinski definition) is 6. The van der Waals surface area contributed by atoms with Crippen molar-refractivity contribution in [3.05, 3.63) is 57.6 Å². The highest BCUT2D eigenvalue weighted by Crippen LogP contribution is 2.28. The van der Waals surface area contributed by atoms with Gasteiger partial charge in [-0.3, -0.25) is 9.59 Å². The van der Waals surface area contributed by atoms with E-state index in [4.69, 9.17) is 0 Å². The third-order valence-corrected chi connectivity index (χ3v) is 3.56. The summed E-state index contributed by atoms with van der Waals surface area (Å²) in [6.45, 7) is -0.775. The number of hydrogen-bond donors (Lipinski definition) is 4. The van der Waals surface area contributed by atoms with Gasteiger partial charge in [-0.15, -0.1) is 0 Å². The van der Waals surface area contributed by atoms with E-state index in [9.17, 15) is 30.0 Å². The summed E-state index contributed by atoms with van der Waals surface area (Å²) in [5.41, 5.74) is 1.84. The number of aliphatic hydroxyl groups is 2. The van der Waals surface area contributed by atoms with Crippen LogP contribution < -0.4 is 0 Å². The van der Waals surface area contributed by atoms with Gasteiger partial charge < -0.3 is 20.4 Å². The van der Waals surface area contributed by atoms with Crippen LogP contribution in [-0.4, -0.2) is 33.0 Å². The van der Waals surface area contributed by atoms with E-state index in [1.54, 1.807) is 12.1 Å². The van der Waals surface area contributed by atoms with Gasteiger partial charge in [0.25, 0.3) is 0 Å². The molecule has 0 unspecified atom stereocenters. The number of carbonyl (C=O) groups is 2. The van der Waals surface area contributed by atoms with Gasteiger partial charge in [0.05, 0.1) is 24.3 Å². The fourth-order valence-corrected chi connectivity index (χ4v) is 2.44. The van der Waals surface area contributed by atoms with E-state index in [1.165, 1.54) is 12.1 Å². The van der Waals surface area contributed by atoms with E-state index < -0.39 is 0 Å². The first kappa shape index (κ1) is 16.7. The van der Waals surface area contributed by atoms with Crippen molar-refractivity contribution in [2.24, 2.45) is 0 Å². The molecule has 0 amide bonds. The van der Waals surface area contributed by atoms with Crippen LogP contribution in [0.5, 0.6) is 11.5 Å². The highest BCUT2D eigenvalue weighted by molar-refractivity contribution is 5.88. The lowest BCUT2D eigenvalue weighted by Crippen LogP contribution is -1.99. The first-order chi connectivity index (χ1) is 11.0. The average Bonchev–Trinajstić information content (AvgIpc) is 2.57. The van der Waals surface area contributed by atoms with Crippen molar-refractivity contribution in [1.29, 1.82) is 0 Å². The third-order valence-electron chi connectivity index (χ3n) is 3.56. The fourth-order valence-electron chi connectivity index (χ4n) is 2.44. The number of aliphatic hydroxyl groups excluding tert-OH is 2. The molecule has 2 aromatic carbocycles. The van der Waals surface area contributed by atoms with E-state index in [1.807, 2.05) is 0 Å². The van der Waals surface area contributed by atoms with E-state index in [-0.39, 0.29) is 47.0 Å². The average molecular weight is 316 g/mol. The van der Waals surface area contributed by atoms with Crippen LogP contribution in [-0.2, 0) is 19.6 Å². The summed E-state index contributed by atoms with van der Waals surface area (Å²) in [5.74, 6) is -0.525. The number of aldehydes is 2. The molecule has 0 aromatic heterocycles. The lowest BCUT2D eigenvalue weighted by molar-refractivity contribution is 0.112. The number of phenols is 2. The molecular formula is C17H16O6. The minimum Gasteiger partial charge on any atom is -0.507 e. The second kappa shape index (κ2) is 7.04. The van der Waals surface area contributed by atoms with Gasteiger partial charge in [-0.25, -0.2) is 0 Å². The van der Waals surface area contributed by atoms with E-state index in [0.29, 0.717) is 30.1 Å². The number of phenolic OH excluding ortho intramolecular Hbond substituents is 1. The topological polar surface area (TPSA) is 115 Å². The van der Waals surface area contributed by atoms with Crippen LogP contribution in [0, 0.1) is 0 Å². The summed E-state index contributed by atoms with van der Waals surface area (Å²) in [4.78, 5) is 21.9. The second-order valence-corrected chi connectivity index (χ2v) is 5.11. The van der Waals surface area contributed by atoms with Gasteiger partial charge in [-0.2, -0.15) is 0 Å². The van der Waals surface area contributed by atoms with Gasteiger partial charge in [-0.1, -0.05) is 0 Å². The van der Waals surface area contributed by atoms with Crippen molar-refractivity contribution < 1.29 is 30.0 Å². The zero-order valence-corrected chi connectivity index (χ0v) is 12.2. The van der Waals surface area contributed by atoms with Gasteiger partial charge in [0.15, 0.2) is 12.6 Å². The molecule has 2 rings (SSSR count). The quantitative estimate of drug-likeness (QED) is 0.597. The molecule has 0 atom stereocenters. The molecule has 2 aromatic rings. The summed E-state index contributed by atoms with van der Waals surface area (Å²) in [6.07, 6.45) is 1.21. The number of benzene rings is 2. The number of rotatable bonds is 6. The van der Waals surface area contributed by atoms with Crippen molar-refractivity contribution in [2.45, 2.75) is 19.6 Å². The van der Waals surface area contributed by atoms with Gasteiger partial charge in [-0.05, 0) is 41.8 Å². The van der Waals surface area contributed by atoms with Crippen LogP contribution in [0.3, 0.4) is 0 Å². The second-order valence-electron chi connectivity index (χ2n) is 5.11. The highest BCUT2D eigenvalue weighted by Gasteiger charge is 2.12. The molecule has 120 valence electrons. The molecule has 0 aliphatic rings. The molecule has 0 fully saturated rings. The van der Waals surface area contributed by atoms with Crippen LogP contribution in [0.2, 0.25) is 0 Å². The molecule has 0 spiro atoms. The van der Waals surface area contributed by atoms with Crippen molar-refractivity contribution in [1.82, 2.24) is 0 Å². The molecule has 0 radical (unpaired) electrons. The SMILES string of the molecule is O=Cc1cc(Cc2cc(CO)c(O)c(CO)c2)cc(C=O)c1O. The Bertz CT molecular complexity index is 697.